The molecule has 0 amide bonds. The van der Waals surface area contributed by atoms with Gasteiger partial charge >= 0.3 is 11.7 Å². The summed E-state index contributed by atoms with van der Waals surface area (Å²) in [7, 11) is -2.20. The van der Waals surface area contributed by atoms with Gasteiger partial charge in [0.1, 0.15) is 18.9 Å². The first kappa shape index (κ1) is 31.1. The van der Waals surface area contributed by atoms with Crippen LogP contribution in [0.15, 0.2) is 15.8 Å². The molecule has 1 aromatic heterocycles. The Morgan fingerprint density at radius 1 is 1.29 bits per heavy atom. The number of H-pyrrole nitrogens is 1. The molecule has 0 unspecified atom stereocenters. The Balaban J connectivity index is 1.71. The van der Waals surface area contributed by atoms with Crippen molar-refractivity contribution < 1.29 is 28.2 Å². The highest BCUT2D eigenvalue weighted by molar-refractivity contribution is 7.98. The zero-order valence-electron chi connectivity index (χ0n) is 24.2. The van der Waals surface area contributed by atoms with E-state index >= 15 is 0 Å². The van der Waals surface area contributed by atoms with Crippen LogP contribution in [0.5, 0.6) is 0 Å². The van der Waals surface area contributed by atoms with Crippen molar-refractivity contribution in [2.75, 3.05) is 25.4 Å². The van der Waals surface area contributed by atoms with Crippen molar-refractivity contribution in [3.8, 4) is 0 Å². The molecule has 1 N–H and O–H groups in total. The van der Waals surface area contributed by atoms with Gasteiger partial charge in [0.25, 0.3) is 5.56 Å². The van der Waals surface area contributed by atoms with Crippen molar-refractivity contribution in [2.24, 2.45) is 0 Å². The van der Waals surface area contributed by atoms with Crippen molar-refractivity contribution in [1.82, 2.24) is 9.55 Å². The average molecular weight is 573 g/mol. The van der Waals surface area contributed by atoms with Gasteiger partial charge in [-0.3, -0.25) is 19.1 Å². The number of aromatic nitrogens is 2. The van der Waals surface area contributed by atoms with E-state index in [-0.39, 0.29) is 24.2 Å². The minimum absolute atomic E-state index is 0.0119. The second-order valence-electron chi connectivity index (χ2n) is 12.5. The molecule has 2 saturated heterocycles. The number of hydrogen-bond acceptors (Lipinski definition) is 9. The summed E-state index contributed by atoms with van der Waals surface area (Å²) in [5.41, 5.74) is -1.69. The molecule has 12 heteroatoms. The Kier molecular flexibility index (Phi) is 9.47. The van der Waals surface area contributed by atoms with Crippen molar-refractivity contribution in [3.63, 3.8) is 0 Å². The van der Waals surface area contributed by atoms with E-state index in [0.29, 0.717) is 31.0 Å². The second-order valence-corrected chi connectivity index (χ2v) is 18.1. The van der Waals surface area contributed by atoms with Crippen molar-refractivity contribution in [3.05, 3.63) is 32.6 Å². The largest absolute Gasteiger partial charge is 0.463 e. The van der Waals surface area contributed by atoms with Crippen LogP contribution in [0, 0.1) is 6.92 Å². The van der Waals surface area contributed by atoms with Gasteiger partial charge in [-0.25, -0.2) is 4.79 Å². The predicted molar refractivity (Wildman–Crippen MR) is 149 cm³/mol. The first-order valence-electron chi connectivity index (χ1n) is 13.1. The molecule has 3 rings (SSSR count). The summed E-state index contributed by atoms with van der Waals surface area (Å²) in [6, 6.07) is 0. The number of aryl methyl sites for hydroxylation is 1. The molecule has 10 nitrogen and oxygen atoms in total. The first-order valence-corrected chi connectivity index (χ1v) is 17.4. The van der Waals surface area contributed by atoms with Crippen molar-refractivity contribution in [2.45, 2.75) is 109 Å². The molecule has 2 aliphatic heterocycles. The smallest absolute Gasteiger partial charge is 0.330 e. The minimum Gasteiger partial charge on any atom is -0.463 e. The lowest BCUT2D eigenvalue weighted by atomic mass is 9.91. The normalized spacial score (nSPS) is 30.1. The third-order valence-electron chi connectivity index (χ3n) is 7.81. The zero-order chi connectivity index (χ0) is 28.5. The van der Waals surface area contributed by atoms with E-state index in [1.165, 1.54) is 10.8 Å². The quantitative estimate of drug-likeness (QED) is 0.254. The van der Waals surface area contributed by atoms with Crippen molar-refractivity contribution in [1.29, 1.82) is 0 Å². The first-order chi connectivity index (χ1) is 17.5. The van der Waals surface area contributed by atoms with E-state index < -0.39 is 49.1 Å². The van der Waals surface area contributed by atoms with Gasteiger partial charge in [0.05, 0.1) is 36.3 Å². The lowest BCUT2D eigenvalue weighted by Gasteiger charge is -2.39. The fraction of sp³-hybridized carbons (Fsp3) is 0.808. The molecular weight excluding hydrogens is 528 g/mol. The summed E-state index contributed by atoms with van der Waals surface area (Å²) in [5.74, 6) is 0.172. The number of nitrogens with one attached hydrogen (secondary N) is 1. The Morgan fingerprint density at radius 2 is 1.97 bits per heavy atom. The molecule has 3 heterocycles. The zero-order valence-corrected chi connectivity index (χ0v) is 26.0. The van der Waals surface area contributed by atoms with Gasteiger partial charge in [0, 0.05) is 24.6 Å². The van der Waals surface area contributed by atoms with Gasteiger partial charge in [-0.2, -0.15) is 0 Å². The molecule has 2 aliphatic rings. The number of carbonyl (C=O) groups is 1. The lowest BCUT2D eigenvalue weighted by Crippen LogP contribution is -2.46. The van der Waals surface area contributed by atoms with Gasteiger partial charge < -0.3 is 23.4 Å². The Bertz CT molecular complexity index is 1120. The number of hydrogen-bond donors (Lipinski definition) is 1. The third-order valence-corrected chi connectivity index (χ3v) is 12.7. The third kappa shape index (κ3) is 7.39. The summed E-state index contributed by atoms with van der Waals surface area (Å²) >= 11 is 1.60. The number of rotatable bonds is 10. The highest BCUT2D eigenvalue weighted by Crippen LogP contribution is 2.41. The molecule has 0 saturated carbocycles. The summed E-state index contributed by atoms with van der Waals surface area (Å²) < 4.78 is 31.9. The highest BCUT2D eigenvalue weighted by Gasteiger charge is 2.48. The van der Waals surface area contributed by atoms with Gasteiger partial charge in [-0.15, -0.1) is 11.8 Å². The minimum atomic E-state index is -2.20. The molecule has 216 valence electrons. The van der Waals surface area contributed by atoms with Crippen LogP contribution in [-0.4, -0.2) is 72.7 Å². The number of ether oxygens (including phenoxy) is 4. The van der Waals surface area contributed by atoms with Gasteiger partial charge in [-0.1, -0.05) is 20.8 Å². The van der Waals surface area contributed by atoms with Crippen LogP contribution in [0.4, 0.5) is 0 Å². The maximum atomic E-state index is 12.9. The molecule has 0 radical (unpaired) electrons. The van der Waals surface area contributed by atoms with Gasteiger partial charge in [-0.05, 0) is 45.2 Å². The summed E-state index contributed by atoms with van der Waals surface area (Å²) in [6.07, 6.45) is 2.95. The fourth-order valence-corrected chi connectivity index (χ4v) is 6.42. The fourth-order valence-electron chi connectivity index (χ4n) is 4.66. The SMILES string of the molecule is CSCO[C@@]1(C)CO[C@@](C)(CC(=O)OC[C@H]2O[C@@H](n3cc(C)c(=O)[nH]c3=O)C[C@@H]2O[Si](C)(C)C(C)(C)C)C1. The molecule has 2 fully saturated rings. The van der Waals surface area contributed by atoms with Crippen LogP contribution in [0.3, 0.4) is 0 Å². The summed E-state index contributed by atoms with van der Waals surface area (Å²) in [6.45, 7) is 16.7. The van der Waals surface area contributed by atoms with Crippen LogP contribution >= 0.6 is 11.8 Å². The molecule has 5 atom stereocenters. The molecule has 0 aliphatic carbocycles. The molecule has 1 aromatic rings. The molecule has 0 spiro atoms. The Morgan fingerprint density at radius 3 is 2.61 bits per heavy atom. The van der Waals surface area contributed by atoms with Crippen LogP contribution < -0.4 is 11.2 Å². The number of nitrogens with zero attached hydrogens (tertiary/aromatic N) is 1. The van der Waals surface area contributed by atoms with Gasteiger partial charge in [0.2, 0.25) is 0 Å². The molecule has 38 heavy (non-hydrogen) atoms. The van der Waals surface area contributed by atoms with Crippen molar-refractivity contribution >= 4 is 26.0 Å². The second kappa shape index (κ2) is 11.6. The summed E-state index contributed by atoms with van der Waals surface area (Å²) in [4.78, 5) is 39.6. The number of esters is 1. The Hall–Kier alpha value is -1.44. The topological polar surface area (TPSA) is 118 Å². The lowest BCUT2D eigenvalue weighted by molar-refractivity contribution is -0.155. The number of aromatic amines is 1. The van der Waals surface area contributed by atoms with E-state index in [2.05, 4.69) is 38.8 Å². The maximum absolute atomic E-state index is 12.9. The predicted octanol–water partition coefficient (Wildman–Crippen LogP) is 3.73. The molecular formula is C26H44N2O8SSi. The molecule has 0 bridgehead atoms. The highest BCUT2D eigenvalue weighted by atomic mass is 32.2. The van der Waals surface area contributed by atoms with Crippen LogP contribution in [0.1, 0.15) is 65.7 Å². The molecule has 0 aromatic carbocycles. The standard InChI is InChI=1S/C26H44N2O8SSi/c1-17-12-28(23(31)27-22(17)30)20-10-18(36-38(8,9)24(2,3)4)19(35-20)13-32-21(29)11-25(5)14-26(6,15-33-25)34-16-37-7/h12,18-20H,10-11,13-16H2,1-9H3,(H,27,30,31)/t18-,19+,20+,25-,26+/m0/s1. The van der Waals surface area contributed by atoms with Crippen LogP contribution in [0.2, 0.25) is 18.1 Å². The maximum Gasteiger partial charge on any atom is 0.330 e. The monoisotopic (exact) mass is 572 g/mol. The van der Waals surface area contributed by atoms with E-state index in [4.69, 9.17) is 23.4 Å². The number of carbonyl (C=O) groups excluding carboxylic acids is 1. The van der Waals surface area contributed by atoms with E-state index in [1.807, 2.05) is 20.1 Å². The summed E-state index contributed by atoms with van der Waals surface area (Å²) in [5, 5.41) is -0.0445. The van der Waals surface area contributed by atoms with Gasteiger partial charge in [0.15, 0.2) is 8.32 Å². The average Bonchev–Trinajstić information content (AvgIpc) is 3.32. The van der Waals surface area contributed by atoms with E-state index in [1.54, 1.807) is 18.7 Å². The van der Waals surface area contributed by atoms with E-state index in [0.717, 1.165) is 0 Å². The number of thioether (sulfide) groups is 1. The van der Waals surface area contributed by atoms with Crippen LogP contribution in [0.25, 0.3) is 0 Å². The van der Waals surface area contributed by atoms with Crippen LogP contribution in [-0.2, 0) is 28.2 Å². The Labute approximate surface area is 230 Å². The van der Waals surface area contributed by atoms with E-state index in [9.17, 15) is 14.4 Å².